The summed E-state index contributed by atoms with van der Waals surface area (Å²) in [7, 11) is 0. The average molecular weight is 377 g/mol. The van der Waals surface area contributed by atoms with Crippen LogP contribution in [0.25, 0.3) is 0 Å². The third-order valence-corrected chi connectivity index (χ3v) is 4.81. The SMILES string of the molecule is N#Cc1cccc(OCCNC(=O)C2CCN(C(=O)c3ccccc3)CC2)c1. The van der Waals surface area contributed by atoms with Crippen molar-refractivity contribution in [2.24, 2.45) is 5.92 Å². The van der Waals surface area contributed by atoms with Crippen molar-refractivity contribution in [2.75, 3.05) is 26.2 Å². The van der Waals surface area contributed by atoms with Gasteiger partial charge in [0.05, 0.1) is 18.2 Å². The van der Waals surface area contributed by atoms with Crippen LogP contribution in [0.2, 0.25) is 0 Å². The highest BCUT2D eigenvalue weighted by atomic mass is 16.5. The molecule has 1 saturated heterocycles. The molecule has 0 unspecified atom stereocenters. The van der Waals surface area contributed by atoms with E-state index in [1.165, 1.54) is 0 Å². The van der Waals surface area contributed by atoms with Crippen molar-refractivity contribution in [2.45, 2.75) is 12.8 Å². The molecule has 0 bridgehead atoms. The molecule has 1 aliphatic heterocycles. The Balaban J connectivity index is 1.38. The molecule has 6 nitrogen and oxygen atoms in total. The molecule has 1 heterocycles. The van der Waals surface area contributed by atoms with E-state index in [4.69, 9.17) is 10.00 Å². The molecule has 144 valence electrons. The van der Waals surface area contributed by atoms with Crippen LogP contribution in [-0.2, 0) is 4.79 Å². The molecule has 6 heteroatoms. The summed E-state index contributed by atoms with van der Waals surface area (Å²) >= 11 is 0. The van der Waals surface area contributed by atoms with Crippen LogP contribution in [0, 0.1) is 17.2 Å². The Morgan fingerprint density at radius 1 is 1.11 bits per heavy atom. The normalized spacial score (nSPS) is 14.2. The molecule has 2 aromatic rings. The van der Waals surface area contributed by atoms with Crippen molar-refractivity contribution < 1.29 is 14.3 Å². The predicted octanol–water partition coefficient (Wildman–Crippen LogP) is 2.61. The number of nitrogens with one attached hydrogen (secondary N) is 1. The van der Waals surface area contributed by atoms with Gasteiger partial charge in [0.15, 0.2) is 0 Å². The number of piperidine rings is 1. The molecule has 0 atom stereocenters. The number of likely N-dealkylation sites (tertiary alicyclic amines) is 1. The van der Waals surface area contributed by atoms with Crippen LogP contribution in [-0.4, -0.2) is 43.0 Å². The van der Waals surface area contributed by atoms with Gasteiger partial charge in [0.25, 0.3) is 5.91 Å². The second-order valence-electron chi connectivity index (χ2n) is 6.71. The zero-order valence-electron chi connectivity index (χ0n) is 15.6. The molecule has 1 aliphatic rings. The lowest BCUT2D eigenvalue weighted by atomic mass is 9.95. The Labute approximate surface area is 164 Å². The third-order valence-electron chi connectivity index (χ3n) is 4.81. The largest absolute Gasteiger partial charge is 0.492 e. The van der Waals surface area contributed by atoms with Crippen molar-refractivity contribution in [1.82, 2.24) is 10.2 Å². The molecule has 2 amide bonds. The number of ether oxygens (including phenoxy) is 1. The smallest absolute Gasteiger partial charge is 0.253 e. The lowest BCUT2D eigenvalue weighted by Gasteiger charge is -2.31. The Kier molecular flexibility index (Phi) is 6.64. The number of carbonyl (C=O) groups excluding carboxylic acids is 2. The van der Waals surface area contributed by atoms with Gasteiger partial charge in [-0.05, 0) is 43.2 Å². The van der Waals surface area contributed by atoms with Crippen LogP contribution in [0.5, 0.6) is 5.75 Å². The van der Waals surface area contributed by atoms with E-state index in [1.807, 2.05) is 35.2 Å². The summed E-state index contributed by atoms with van der Waals surface area (Å²) in [6.07, 6.45) is 1.32. The summed E-state index contributed by atoms with van der Waals surface area (Å²) in [5, 5.41) is 11.8. The predicted molar refractivity (Wildman–Crippen MR) is 105 cm³/mol. The van der Waals surface area contributed by atoms with Gasteiger partial charge in [-0.2, -0.15) is 5.26 Å². The van der Waals surface area contributed by atoms with Crippen LogP contribution in [0.3, 0.4) is 0 Å². The number of hydrogen-bond acceptors (Lipinski definition) is 4. The van der Waals surface area contributed by atoms with E-state index in [2.05, 4.69) is 11.4 Å². The van der Waals surface area contributed by atoms with Gasteiger partial charge < -0.3 is 15.0 Å². The highest BCUT2D eigenvalue weighted by Crippen LogP contribution is 2.19. The van der Waals surface area contributed by atoms with Gasteiger partial charge in [-0.1, -0.05) is 24.3 Å². The molecular formula is C22H23N3O3. The van der Waals surface area contributed by atoms with Crippen LogP contribution in [0.15, 0.2) is 54.6 Å². The molecule has 3 rings (SSSR count). The molecule has 0 aromatic heterocycles. The lowest BCUT2D eigenvalue weighted by Crippen LogP contribution is -2.43. The van der Waals surface area contributed by atoms with Crippen molar-refractivity contribution in [1.29, 1.82) is 5.26 Å². The van der Waals surface area contributed by atoms with Gasteiger partial charge in [-0.25, -0.2) is 0 Å². The summed E-state index contributed by atoms with van der Waals surface area (Å²) in [4.78, 5) is 26.6. The first-order chi connectivity index (χ1) is 13.7. The summed E-state index contributed by atoms with van der Waals surface area (Å²) in [5.74, 6) is 0.552. The van der Waals surface area contributed by atoms with Crippen molar-refractivity contribution in [3.05, 3.63) is 65.7 Å². The summed E-state index contributed by atoms with van der Waals surface area (Å²) in [6, 6.07) is 18.2. The first kappa shape index (κ1) is 19.4. The number of rotatable bonds is 6. The molecule has 0 spiro atoms. The van der Waals surface area contributed by atoms with Gasteiger partial charge in [0, 0.05) is 24.6 Å². The van der Waals surface area contributed by atoms with Crippen LogP contribution < -0.4 is 10.1 Å². The Hall–Kier alpha value is -3.33. The Morgan fingerprint density at radius 3 is 2.57 bits per heavy atom. The first-order valence-corrected chi connectivity index (χ1v) is 9.42. The van der Waals surface area contributed by atoms with Crippen LogP contribution in [0.1, 0.15) is 28.8 Å². The second kappa shape index (κ2) is 9.56. The minimum Gasteiger partial charge on any atom is -0.492 e. The zero-order chi connectivity index (χ0) is 19.8. The maximum absolute atomic E-state index is 12.5. The lowest BCUT2D eigenvalue weighted by molar-refractivity contribution is -0.126. The highest BCUT2D eigenvalue weighted by Gasteiger charge is 2.27. The van der Waals surface area contributed by atoms with Gasteiger partial charge >= 0.3 is 0 Å². The number of hydrogen-bond donors (Lipinski definition) is 1. The number of nitrogens with zero attached hydrogens (tertiary/aromatic N) is 2. The second-order valence-corrected chi connectivity index (χ2v) is 6.71. The molecule has 0 aliphatic carbocycles. The maximum Gasteiger partial charge on any atom is 0.253 e. The quantitative estimate of drug-likeness (QED) is 0.785. The summed E-state index contributed by atoms with van der Waals surface area (Å²) < 4.78 is 5.57. The van der Waals surface area contributed by atoms with E-state index in [0.29, 0.717) is 56.0 Å². The topological polar surface area (TPSA) is 82.4 Å². The number of benzene rings is 2. The van der Waals surface area contributed by atoms with E-state index in [-0.39, 0.29) is 17.7 Å². The third kappa shape index (κ3) is 5.10. The number of amides is 2. The fourth-order valence-electron chi connectivity index (χ4n) is 3.25. The van der Waals surface area contributed by atoms with Crippen molar-refractivity contribution >= 4 is 11.8 Å². The minimum atomic E-state index is -0.0817. The van der Waals surface area contributed by atoms with Gasteiger partial charge in [-0.15, -0.1) is 0 Å². The Morgan fingerprint density at radius 2 is 1.86 bits per heavy atom. The number of carbonyl (C=O) groups is 2. The molecule has 1 N–H and O–H groups in total. The van der Waals surface area contributed by atoms with Crippen molar-refractivity contribution in [3.63, 3.8) is 0 Å². The summed E-state index contributed by atoms with van der Waals surface area (Å²) in [5.41, 5.74) is 1.22. The molecule has 2 aromatic carbocycles. The van der Waals surface area contributed by atoms with Crippen molar-refractivity contribution in [3.8, 4) is 11.8 Å². The maximum atomic E-state index is 12.5. The monoisotopic (exact) mass is 377 g/mol. The van der Waals surface area contributed by atoms with E-state index < -0.39 is 0 Å². The Bertz CT molecular complexity index is 853. The van der Waals surface area contributed by atoms with Gasteiger partial charge in [0.1, 0.15) is 12.4 Å². The van der Waals surface area contributed by atoms with E-state index in [0.717, 1.165) is 0 Å². The first-order valence-electron chi connectivity index (χ1n) is 9.42. The molecule has 28 heavy (non-hydrogen) atoms. The van der Waals surface area contributed by atoms with Gasteiger partial charge in [0.2, 0.25) is 5.91 Å². The van der Waals surface area contributed by atoms with Crippen LogP contribution in [0.4, 0.5) is 0 Å². The number of nitriles is 1. The van der Waals surface area contributed by atoms with Crippen LogP contribution >= 0.6 is 0 Å². The van der Waals surface area contributed by atoms with Gasteiger partial charge in [-0.3, -0.25) is 9.59 Å². The van der Waals surface area contributed by atoms with E-state index >= 15 is 0 Å². The molecular weight excluding hydrogens is 354 g/mol. The fourth-order valence-corrected chi connectivity index (χ4v) is 3.25. The zero-order valence-corrected chi connectivity index (χ0v) is 15.6. The average Bonchev–Trinajstić information content (AvgIpc) is 2.77. The highest BCUT2D eigenvalue weighted by molar-refractivity contribution is 5.94. The molecule has 0 radical (unpaired) electrons. The molecule has 1 fully saturated rings. The summed E-state index contributed by atoms with van der Waals surface area (Å²) in [6.45, 7) is 1.91. The van der Waals surface area contributed by atoms with E-state index in [9.17, 15) is 9.59 Å². The minimum absolute atomic E-state index is 0.00110. The fraction of sp³-hybridized carbons (Fsp3) is 0.318. The van der Waals surface area contributed by atoms with E-state index in [1.54, 1.807) is 24.3 Å². The molecule has 0 saturated carbocycles. The standard InChI is InChI=1S/C22H23N3O3/c23-16-17-5-4-8-20(15-17)28-14-11-24-21(26)18-9-12-25(13-10-18)22(27)19-6-2-1-3-7-19/h1-8,15,18H,9-14H2,(H,24,26).